The summed E-state index contributed by atoms with van der Waals surface area (Å²) in [5.41, 5.74) is 0.104. The second-order valence-corrected chi connectivity index (χ2v) is 5.86. The number of pyridine rings is 1. The van der Waals surface area contributed by atoms with E-state index in [0.29, 0.717) is 11.7 Å². The highest BCUT2D eigenvalue weighted by molar-refractivity contribution is 6.33. The largest absolute Gasteiger partial charge is 0.478 e. The monoisotopic (exact) mass is 297 g/mol. The molecule has 2 rings (SSSR count). The summed E-state index contributed by atoms with van der Waals surface area (Å²) in [7, 11) is 4.08. The van der Waals surface area contributed by atoms with Crippen molar-refractivity contribution in [2.75, 3.05) is 38.6 Å². The van der Waals surface area contributed by atoms with Crippen molar-refractivity contribution in [2.45, 2.75) is 12.8 Å². The number of carbonyl (C=O) groups is 1. The quantitative estimate of drug-likeness (QED) is 0.923. The number of carboxylic acids is 1. The van der Waals surface area contributed by atoms with Gasteiger partial charge in [-0.2, -0.15) is 0 Å². The first-order chi connectivity index (χ1) is 9.47. The maximum Gasteiger partial charge on any atom is 0.337 e. The second-order valence-electron chi connectivity index (χ2n) is 5.45. The van der Waals surface area contributed by atoms with Crippen LogP contribution in [0, 0.1) is 5.92 Å². The van der Waals surface area contributed by atoms with Crippen LogP contribution in [-0.2, 0) is 0 Å². The Labute approximate surface area is 124 Å². The molecule has 0 unspecified atom stereocenters. The van der Waals surface area contributed by atoms with Gasteiger partial charge in [-0.3, -0.25) is 0 Å². The summed E-state index contributed by atoms with van der Waals surface area (Å²) in [6, 6.07) is 1.54. The van der Waals surface area contributed by atoms with Crippen LogP contribution in [0.3, 0.4) is 0 Å². The van der Waals surface area contributed by atoms with Gasteiger partial charge in [0.05, 0.1) is 10.6 Å². The Morgan fingerprint density at radius 3 is 2.80 bits per heavy atom. The fraction of sp³-hybridized carbons (Fsp3) is 0.571. The summed E-state index contributed by atoms with van der Waals surface area (Å²) < 4.78 is 0. The van der Waals surface area contributed by atoms with Crippen LogP contribution in [0.4, 0.5) is 5.82 Å². The molecule has 110 valence electrons. The molecule has 1 aromatic heterocycles. The standard InChI is InChI=1S/C14H20ClN3O2/c1-17-5-3-10(4-6-17)9-18(2)13-7-11(14(19)20)12(15)8-16-13/h7-8,10H,3-6,9H2,1-2H3,(H,19,20). The van der Waals surface area contributed by atoms with Gasteiger partial charge in [0.15, 0.2) is 0 Å². The number of nitrogens with zero attached hydrogens (tertiary/aromatic N) is 3. The Balaban J connectivity index is 2.03. The molecule has 1 N–H and O–H groups in total. The Bertz CT molecular complexity index is 487. The number of carboxylic acid groups (broad SMARTS) is 1. The number of piperidine rings is 1. The molecule has 0 aromatic carbocycles. The third-order valence-corrected chi connectivity index (χ3v) is 4.13. The van der Waals surface area contributed by atoms with Gasteiger partial charge in [0.25, 0.3) is 0 Å². The molecule has 0 bridgehead atoms. The zero-order chi connectivity index (χ0) is 14.7. The summed E-state index contributed by atoms with van der Waals surface area (Å²) in [5.74, 6) is 0.263. The van der Waals surface area contributed by atoms with Gasteiger partial charge in [0.1, 0.15) is 5.82 Å². The third kappa shape index (κ3) is 3.61. The maximum absolute atomic E-state index is 11.1. The van der Waals surface area contributed by atoms with Gasteiger partial charge in [-0.1, -0.05) is 11.6 Å². The molecule has 5 nitrogen and oxygen atoms in total. The Morgan fingerprint density at radius 2 is 2.20 bits per heavy atom. The Morgan fingerprint density at radius 1 is 1.55 bits per heavy atom. The lowest BCUT2D eigenvalue weighted by Crippen LogP contribution is -2.36. The number of aromatic nitrogens is 1. The number of rotatable bonds is 4. The van der Waals surface area contributed by atoms with E-state index >= 15 is 0 Å². The molecule has 1 aliphatic rings. The van der Waals surface area contributed by atoms with Crippen LogP contribution in [0.2, 0.25) is 5.02 Å². The first-order valence-electron chi connectivity index (χ1n) is 6.76. The van der Waals surface area contributed by atoms with Crippen molar-refractivity contribution in [2.24, 2.45) is 5.92 Å². The van der Waals surface area contributed by atoms with E-state index in [1.165, 1.54) is 19.0 Å². The van der Waals surface area contributed by atoms with Crippen molar-refractivity contribution in [3.63, 3.8) is 0 Å². The minimum absolute atomic E-state index is 0.104. The number of likely N-dealkylation sites (tertiary alicyclic amines) is 1. The van der Waals surface area contributed by atoms with Crippen LogP contribution in [-0.4, -0.2) is 54.7 Å². The molecule has 20 heavy (non-hydrogen) atoms. The molecule has 2 heterocycles. The highest BCUT2D eigenvalue weighted by Gasteiger charge is 2.19. The number of hydrogen-bond donors (Lipinski definition) is 1. The van der Waals surface area contributed by atoms with E-state index in [9.17, 15) is 4.79 Å². The molecule has 0 atom stereocenters. The molecule has 0 amide bonds. The van der Waals surface area contributed by atoms with E-state index in [1.807, 2.05) is 11.9 Å². The van der Waals surface area contributed by atoms with Gasteiger partial charge in [-0.05, 0) is 45.0 Å². The molecule has 0 spiro atoms. The normalized spacial score (nSPS) is 17.1. The number of hydrogen-bond acceptors (Lipinski definition) is 4. The Kier molecular flexibility index (Phi) is 4.83. The van der Waals surface area contributed by atoms with Crippen LogP contribution in [0.5, 0.6) is 0 Å². The minimum atomic E-state index is -1.02. The van der Waals surface area contributed by atoms with E-state index in [1.54, 1.807) is 6.07 Å². The Hall–Kier alpha value is -1.33. The van der Waals surface area contributed by atoms with E-state index in [-0.39, 0.29) is 10.6 Å². The van der Waals surface area contributed by atoms with Crippen molar-refractivity contribution in [3.05, 3.63) is 22.8 Å². The summed E-state index contributed by atoms with van der Waals surface area (Å²) in [6.07, 6.45) is 3.74. The van der Waals surface area contributed by atoms with Crippen molar-refractivity contribution in [3.8, 4) is 0 Å². The zero-order valence-electron chi connectivity index (χ0n) is 11.8. The van der Waals surface area contributed by atoms with Gasteiger partial charge < -0.3 is 14.9 Å². The molecule has 1 fully saturated rings. The molecule has 0 radical (unpaired) electrons. The van der Waals surface area contributed by atoms with Crippen LogP contribution < -0.4 is 4.90 Å². The second kappa shape index (κ2) is 6.41. The predicted molar refractivity (Wildman–Crippen MR) is 79.7 cm³/mol. The first kappa shape index (κ1) is 15.1. The van der Waals surface area contributed by atoms with Gasteiger partial charge in [0.2, 0.25) is 0 Å². The molecule has 0 aliphatic carbocycles. The smallest absolute Gasteiger partial charge is 0.337 e. The molecule has 0 saturated carbocycles. The first-order valence-corrected chi connectivity index (χ1v) is 7.13. The molecular formula is C14H20ClN3O2. The average molecular weight is 298 g/mol. The van der Waals surface area contributed by atoms with Crippen molar-refractivity contribution < 1.29 is 9.90 Å². The van der Waals surface area contributed by atoms with Gasteiger partial charge in [0, 0.05) is 19.8 Å². The van der Waals surface area contributed by atoms with Gasteiger partial charge >= 0.3 is 5.97 Å². The third-order valence-electron chi connectivity index (χ3n) is 3.83. The number of halogens is 1. The summed E-state index contributed by atoms with van der Waals surface area (Å²) >= 11 is 5.84. The minimum Gasteiger partial charge on any atom is -0.478 e. The van der Waals surface area contributed by atoms with Crippen molar-refractivity contribution in [1.29, 1.82) is 0 Å². The molecule has 1 saturated heterocycles. The zero-order valence-corrected chi connectivity index (χ0v) is 12.6. The van der Waals surface area contributed by atoms with Crippen LogP contribution >= 0.6 is 11.6 Å². The van der Waals surface area contributed by atoms with E-state index in [0.717, 1.165) is 19.6 Å². The van der Waals surface area contributed by atoms with Crippen molar-refractivity contribution in [1.82, 2.24) is 9.88 Å². The lowest BCUT2D eigenvalue weighted by atomic mass is 9.97. The van der Waals surface area contributed by atoms with Crippen molar-refractivity contribution >= 4 is 23.4 Å². The predicted octanol–water partition coefficient (Wildman–Crippen LogP) is 2.21. The van der Waals surface area contributed by atoms with Gasteiger partial charge in [-0.25, -0.2) is 9.78 Å². The lowest BCUT2D eigenvalue weighted by molar-refractivity contribution is 0.0697. The maximum atomic E-state index is 11.1. The fourth-order valence-corrected chi connectivity index (χ4v) is 2.71. The highest BCUT2D eigenvalue weighted by atomic mass is 35.5. The summed E-state index contributed by atoms with van der Waals surface area (Å²) in [6.45, 7) is 3.13. The van der Waals surface area contributed by atoms with E-state index in [4.69, 9.17) is 16.7 Å². The SMILES string of the molecule is CN1CCC(CN(C)c2cc(C(=O)O)c(Cl)cn2)CC1. The summed E-state index contributed by atoms with van der Waals surface area (Å²) in [4.78, 5) is 19.7. The average Bonchev–Trinajstić information content (AvgIpc) is 2.41. The van der Waals surface area contributed by atoms with Crippen LogP contribution in [0.25, 0.3) is 0 Å². The topological polar surface area (TPSA) is 56.7 Å². The van der Waals surface area contributed by atoms with Gasteiger partial charge in [-0.15, -0.1) is 0 Å². The highest BCUT2D eigenvalue weighted by Crippen LogP contribution is 2.23. The molecule has 1 aliphatic heterocycles. The lowest BCUT2D eigenvalue weighted by Gasteiger charge is -2.32. The fourth-order valence-electron chi connectivity index (χ4n) is 2.53. The van der Waals surface area contributed by atoms with E-state index in [2.05, 4.69) is 16.9 Å². The molecule has 6 heteroatoms. The molecule has 1 aromatic rings. The number of aromatic carboxylic acids is 1. The van der Waals surface area contributed by atoms with Crippen LogP contribution in [0.1, 0.15) is 23.2 Å². The van der Waals surface area contributed by atoms with Crippen LogP contribution in [0.15, 0.2) is 12.3 Å². The summed E-state index contributed by atoms with van der Waals surface area (Å²) in [5, 5.41) is 9.26. The molecular weight excluding hydrogens is 278 g/mol. The van der Waals surface area contributed by atoms with E-state index < -0.39 is 5.97 Å². The number of anilines is 1.